The lowest BCUT2D eigenvalue weighted by atomic mass is 9.94. The summed E-state index contributed by atoms with van der Waals surface area (Å²) < 4.78 is 0. The molecular weight excluding hydrogens is 330 g/mol. The Labute approximate surface area is 155 Å². The Kier molecular flexibility index (Phi) is 6.05. The number of nitrogens with zero attached hydrogens (tertiary/aromatic N) is 3. The van der Waals surface area contributed by atoms with E-state index in [0.29, 0.717) is 26.2 Å². The zero-order chi connectivity index (χ0) is 19.5. The molecule has 2 rings (SSSR count). The summed E-state index contributed by atoms with van der Waals surface area (Å²) >= 11 is 0. The first kappa shape index (κ1) is 19.9. The number of carbonyl (C=O) groups excluding carboxylic acids is 3. The van der Waals surface area contributed by atoms with Crippen LogP contribution in [0.25, 0.3) is 0 Å². The van der Waals surface area contributed by atoms with Crippen molar-refractivity contribution in [3.63, 3.8) is 0 Å². The Balaban J connectivity index is 2.23. The third kappa shape index (κ3) is 4.84. The molecule has 1 fully saturated rings. The third-order valence-electron chi connectivity index (χ3n) is 4.51. The zero-order valence-corrected chi connectivity index (χ0v) is 16.4. The van der Waals surface area contributed by atoms with E-state index in [1.165, 1.54) is 0 Å². The van der Waals surface area contributed by atoms with Gasteiger partial charge in [0.25, 0.3) is 0 Å². The number of aryl methyl sites for hydroxylation is 2. The predicted octanol–water partition coefficient (Wildman–Crippen LogP) is 1.98. The molecule has 0 bridgehead atoms. The molecule has 0 aromatic heterocycles. The fraction of sp³-hybridized carbons (Fsp3) is 0.550. The van der Waals surface area contributed by atoms with Gasteiger partial charge in [-0.1, -0.05) is 26.8 Å². The van der Waals surface area contributed by atoms with Gasteiger partial charge in [0.1, 0.15) is 6.54 Å². The molecule has 0 saturated carbocycles. The largest absolute Gasteiger partial charge is 0.342 e. The quantitative estimate of drug-likeness (QED) is 0.773. The molecule has 0 aliphatic carbocycles. The molecule has 1 heterocycles. The zero-order valence-electron chi connectivity index (χ0n) is 16.4. The van der Waals surface area contributed by atoms with Gasteiger partial charge in [-0.25, -0.2) is 0 Å². The summed E-state index contributed by atoms with van der Waals surface area (Å²) in [5.41, 5.74) is 2.27. The number of piperazine rings is 1. The molecule has 0 atom stereocenters. The molecule has 1 aromatic carbocycles. The van der Waals surface area contributed by atoms with Gasteiger partial charge in [-0.05, 0) is 37.1 Å². The van der Waals surface area contributed by atoms with Gasteiger partial charge in [-0.15, -0.1) is 0 Å². The van der Waals surface area contributed by atoms with E-state index >= 15 is 0 Å². The van der Waals surface area contributed by atoms with E-state index in [4.69, 9.17) is 0 Å². The van der Waals surface area contributed by atoms with E-state index in [0.717, 1.165) is 23.2 Å². The van der Waals surface area contributed by atoms with Gasteiger partial charge >= 0.3 is 0 Å². The molecule has 0 N–H and O–H groups in total. The van der Waals surface area contributed by atoms with Crippen LogP contribution in [0.2, 0.25) is 0 Å². The molecule has 0 radical (unpaired) electrons. The standard InChI is InChI=1S/C20H29N3O3/c1-15-10-16(2)12-17(11-15)23(19(26)20(3,4)5)13-18(25)22-8-6-21(14-24)7-9-22/h10-12,14H,6-9,13H2,1-5H3. The second-order valence-corrected chi connectivity index (χ2v) is 8.01. The Bertz CT molecular complexity index is 666. The van der Waals surface area contributed by atoms with Crippen LogP contribution in [-0.4, -0.2) is 60.7 Å². The number of amides is 3. The van der Waals surface area contributed by atoms with E-state index in [1.807, 2.05) is 52.8 Å². The summed E-state index contributed by atoms with van der Waals surface area (Å²) in [6.07, 6.45) is 0.812. The molecule has 0 spiro atoms. The lowest BCUT2D eigenvalue weighted by Gasteiger charge is -2.35. The molecule has 3 amide bonds. The average molecular weight is 359 g/mol. The Morgan fingerprint density at radius 2 is 1.58 bits per heavy atom. The minimum atomic E-state index is -0.589. The first-order chi connectivity index (χ1) is 12.1. The van der Waals surface area contributed by atoms with Crippen LogP contribution in [0.3, 0.4) is 0 Å². The molecule has 6 nitrogen and oxygen atoms in total. The van der Waals surface area contributed by atoms with Crippen molar-refractivity contribution in [3.8, 4) is 0 Å². The Morgan fingerprint density at radius 1 is 1.04 bits per heavy atom. The molecule has 0 unspecified atom stereocenters. The number of carbonyl (C=O) groups is 3. The number of benzene rings is 1. The highest BCUT2D eigenvalue weighted by Gasteiger charge is 2.31. The normalized spacial score (nSPS) is 15.0. The van der Waals surface area contributed by atoms with E-state index in [9.17, 15) is 14.4 Å². The highest BCUT2D eigenvalue weighted by molar-refractivity contribution is 6.01. The molecule has 26 heavy (non-hydrogen) atoms. The first-order valence-corrected chi connectivity index (χ1v) is 8.99. The lowest BCUT2D eigenvalue weighted by Crippen LogP contribution is -2.52. The van der Waals surface area contributed by atoms with Crippen LogP contribution in [-0.2, 0) is 14.4 Å². The van der Waals surface area contributed by atoms with Gasteiger partial charge in [-0.3, -0.25) is 14.4 Å². The fourth-order valence-electron chi connectivity index (χ4n) is 3.10. The summed E-state index contributed by atoms with van der Waals surface area (Å²) in [5, 5.41) is 0. The number of anilines is 1. The molecule has 1 aromatic rings. The van der Waals surface area contributed by atoms with Crippen LogP contribution >= 0.6 is 0 Å². The van der Waals surface area contributed by atoms with Gasteiger partial charge < -0.3 is 14.7 Å². The van der Waals surface area contributed by atoms with Gasteiger partial charge in [0.15, 0.2) is 0 Å². The maximum Gasteiger partial charge on any atom is 0.242 e. The van der Waals surface area contributed by atoms with Crippen molar-refractivity contribution in [2.45, 2.75) is 34.6 Å². The van der Waals surface area contributed by atoms with Gasteiger partial charge in [0.05, 0.1) is 0 Å². The summed E-state index contributed by atoms with van der Waals surface area (Å²) in [4.78, 5) is 41.6. The molecular formula is C20H29N3O3. The van der Waals surface area contributed by atoms with Crippen molar-refractivity contribution in [1.82, 2.24) is 9.80 Å². The average Bonchev–Trinajstić information content (AvgIpc) is 2.57. The molecule has 1 saturated heterocycles. The number of hydrogen-bond donors (Lipinski definition) is 0. The lowest BCUT2D eigenvalue weighted by molar-refractivity contribution is -0.135. The number of hydrogen-bond acceptors (Lipinski definition) is 3. The van der Waals surface area contributed by atoms with Gasteiger partial charge in [-0.2, -0.15) is 0 Å². The first-order valence-electron chi connectivity index (χ1n) is 8.99. The van der Waals surface area contributed by atoms with Crippen molar-refractivity contribution in [2.24, 2.45) is 5.41 Å². The summed E-state index contributed by atoms with van der Waals surface area (Å²) in [7, 11) is 0. The van der Waals surface area contributed by atoms with Crippen molar-refractivity contribution in [2.75, 3.05) is 37.6 Å². The second kappa shape index (κ2) is 7.89. The van der Waals surface area contributed by atoms with Crippen LogP contribution in [0.4, 0.5) is 5.69 Å². The number of rotatable bonds is 4. The maximum atomic E-state index is 13.0. The monoisotopic (exact) mass is 359 g/mol. The fourth-order valence-corrected chi connectivity index (χ4v) is 3.10. The van der Waals surface area contributed by atoms with Crippen LogP contribution in [0.15, 0.2) is 18.2 Å². The molecule has 6 heteroatoms. The molecule has 1 aliphatic rings. The second-order valence-electron chi connectivity index (χ2n) is 8.01. The van der Waals surface area contributed by atoms with Crippen molar-refractivity contribution in [3.05, 3.63) is 29.3 Å². The predicted molar refractivity (Wildman–Crippen MR) is 102 cm³/mol. The van der Waals surface area contributed by atoms with Crippen molar-refractivity contribution in [1.29, 1.82) is 0 Å². The van der Waals surface area contributed by atoms with E-state index in [2.05, 4.69) is 0 Å². The van der Waals surface area contributed by atoms with E-state index in [-0.39, 0.29) is 18.4 Å². The van der Waals surface area contributed by atoms with Crippen molar-refractivity contribution < 1.29 is 14.4 Å². The molecule has 142 valence electrons. The van der Waals surface area contributed by atoms with Crippen LogP contribution < -0.4 is 4.90 Å². The summed E-state index contributed by atoms with van der Waals surface area (Å²) in [5.74, 6) is -0.172. The van der Waals surface area contributed by atoms with Gasteiger partial charge in [0.2, 0.25) is 18.2 Å². The maximum absolute atomic E-state index is 13.0. The Morgan fingerprint density at radius 3 is 2.04 bits per heavy atom. The van der Waals surface area contributed by atoms with Crippen molar-refractivity contribution >= 4 is 23.9 Å². The van der Waals surface area contributed by atoms with E-state index < -0.39 is 5.41 Å². The van der Waals surface area contributed by atoms with E-state index in [1.54, 1.807) is 14.7 Å². The molecule has 1 aliphatic heterocycles. The Hall–Kier alpha value is -2.37. The van der Waals surface area contributed by atoms with Crippen LogP contribution in [0.5, 0.6) is 0 Å². The highest BCUT2D eigenvalue weighted by Crippen LogP contribution is 2.25. The minimum Gasteiger partial charge on any atom is -0.342 e. The summed E-state index contributed by atoms with van der Waals surface area (Å²) in [6, 6.07) is 5.92. The highest BCUT2D eigenvalue weighted by atomic mass is 16.2. The van der Waals surface area contributed by atoms with Gasteiger partial charge in [0, 0.05) is 37.3 Å². The minimum absolute atomic E-state index is 0.0140. The smallest absolute Gasteiger partial charge is 0.242 e. The topological polar surface area (TPSA) is 60.9 Å². The van der Waals surface area contributed by atoms with Crippen LogP contribution in [0, 0.1) is 19.3 Å². The third-order valence-corrected chi connectivity index (χ3v) is 4.51. The SMILES string of the molecule is Cc1cc(C)cc(N(CC(=O)N2CCN(C=O)CC2)C(=O)C(C)(C)C)c1. The summed E-state index contributed by atoms with van der Waals surface area (Å²) in [6.45, 7) is 11.6. The van der Waals surface area contributed by atoms with Crippen LogP contribution in [0.1, 0.15) is 31.9 Å².